The summed E-state index contributed by atoms with van der Waals surface area (Å²) < 4.78 is 25.0. The van der Waals surface area contributed by atoms with Gasteiger partial charge in [0.05, 0.1) is 12.4 Å². The van der Waals surface area contributed by atoms with Gasteiger partial charge in [-0.05, 0) is 31.6 Å². The van der Waals surface area contributed by atoms with Crippen molar-refractivity contribution in [3.05, 3.63) is 0 Å². The summed E-state index contributed by atoms with van der Waals surface area (Å²) in [6.07, 6.45) is 5.36. The maximum atomic E-state index is 11.7. The summed E-state index contributed by atoms with van der Waals surface area (Å²) in [5, 5.41) is 8.72. The van der Waals surface area contributed by atoms with Crippen molar-refractivity contribution in [3.63, 3.8) is 0 Å². The van der Waals surface area contributed by atoms with Crippen molar-refractivity contribution in [2.45, 2.75) is 45.1 Å². The van der Waals surface area contributed by atoms with Gasteiger partial charge in [-0.1, -0.05) is 13.3 Å². The average molecular weight is 249 g/mol. The first-order chi connectivity index (χ1) is 7.51. The Hall–Kier alpha value is -0.130. The van der Waals surface area contributed by atoms with Crippen LogP contribution >= 0.6 is 0 Å². The van der Waals surface area contributed by atoms with E-state index in [1.165, 1.54) is 10.7 Å². The van der Waals surface area contributed by atoms with Crippen LogP contribution in [0.4, 0.5) is 0 Å². The van der Waals surface area contributed by atoms with Gasteiger partial charge in [0.1, 0.15) is 0 Å². The molecule has 1 saturated carbocycles. The summed E-state index contributed by atoms with van der Waals surface area (Å²) >= 11 is 0. The number of aliphatic hydroxyl groups excluding tert-OH is 1. The van der Waals surface area contributed by atoms with Crippen LogP contribution < -0.4 is 0 Å². The predicted molar refractivity (Wildman–Crippen MR) is 64.7 cm³/mol. The lowest BCUT2D eigenvalue weighted by Gasteiger charge is -2.33. The molecule has 0 spiro atoms. The van der Waals surface area contributed by atoms with E-state index in [2.05, 4.69) is 6.92 Å². The molecule has 1 N–H and O–H groups in total. The molecule has 96 valence electrons. The van der Waals surface area contributed by atoms with Crippen LogP contribution in [0.15, 0.2) is 0 Å². The average Bonchev–Trinajstić information content (AvgIpc) is 2.28. The minimum atomic E-state index is -3.25. The minimum Gasteiger partial charge on any atom is -0.395 e. The SMILES string of the molecule is CCC1CCC(N(C)S(=O)(=O)CCO)CC1. The number of nitrogens with zero attached hydrogens (tertiary/aromatic N) is 1. The van der Waals surface area contributed by atoms with E-state index in [9.17, 15) is 8.42 Å². The molecule has 5 heteroatoms. The first-order valence-corrected chi connectivity index (χ1v) is 7.68. The number of hydrogen-bond donors (Lipinski definition) is 1. The topological polar surface area (TPSA) is 57.6 Å². The zero-order chi connectivity index (χ0) is 12.2. The van der Waals surface area contributed by atoms with Crippen molar-refractivity contribution in [2.24, 2.45) is 5.92 Å². The second-order valence-electron chi connectivity index (χ2n) is 4.64. The fourth-order valence-electron chi connectivity index (χ4n) is 2.40. The van der Waals surface area contributed by atoms with Crippen LogP contribution in [-0.2, 0) is 10.0 Å². The third kappa shape index (κ3) is 3.43. The van der Waals surface area contributed by atoms with E-state index in [0.29, 0.717) is 0 Å². The van der Waals surface area contributed by atoms with Crippen LogP contribution in [0.25, 0.3) is 0 Å². The molecule has 1 aliphatic rings. The van der Waals surface area contributed by atoms with Gasteiger partial charge in [-0.3, -0.25) is 0 Å². The Morgan fingerprint density at radius 2 is 1.81 bits per heavy atom. The normalized spacial score (nSPS) is 27.2. The van der Waals surface area contributed by atoms with Crippen LogP contribution in [0.3, 0.4) is 0 Å². The Morgan fingerprint density at radius 3 is 2.25 bits per heavy atom. The fourth-order valence-corrected chi connectivity index (χ4v) is 3.59. The number of rotatable bonds is 5. The molecule has 0 aromatic carbocycles. The number of hydrogen-bond acceptors (Lipinski definition) is 3. The molecular weight excluding hydrogens is 226 g/mol. The van der Waals surface area contributed by atoms with Gasteiger partial charge >= 0.3 is 0 Å². The van der Waals surface area contributed by atoms with E-state index < -0.39 is 10.0 Å². The molecule has 0 saturated heterocycles. The van der Waals surface area contributed by atoms with Crippen molar-refractivity contribution in [2.75, 3.05) is 19.4 Å². The molecule has 1 aliphatic carbocycles. The zero-order valence-corrected chi connectivity index (χ0v) is 11.0. The van der Waals surface area contributed by atoms with Gasteiger partial charge in [-0.2, -0.15) is 0 Å². The molecule has 0 heterocycles. The summed E-state index contributed by atoms with van der Waals surface area (Å²) in [6, 6.07) is 0.138. The number of aliphatic hydroxyl groups is 1. The highest BCUT2D eigenvalue weighted by Gasteiger charge is 2.29. The monoisotopic (exact) mass is 249 g/mol. The second kappa shape index (κ2) is 5.98. The summed E-state index contributed by atoms with van der Waals surface area (Å²) in [5.74, 6) is 0.613. The quantitative estimate of drug-likeness (QED) is 0.796. The molecule has 1 fully saturated rings. The largest absolute Gasteiger partial charge is 0.395 e. The Balaban J connectivity index is 2.53. The lowest BCUT2D eigenvalue weighted by atomic mass is 9.85. The van der Waals surface area contributed by atoms with E-state index in [1.807, 2.05) is 0 Å². The van der Waals surface area contributed by atoms with Crippen molar-refractivity contribution in [1.82, 2.24) is 4.31 Å². The summed E-state index contributed by atoms with van der Waals surface area (Å²) in [6.45, 7) is 1.90. The third-order valence-electron chi connectivity index (χ3n) is 3.70. The molecule has 1 rings (SSSR count). The molecule has 0 atom stereocenters. The standard InChI is InChI=1S/C11H23NO3S/c1-3-10-4-6-11(7-5-10)12(2)16(14,15)9-8-13/h10-11,13H,3-9H2,1-2H3. The highest BCUT2D eigenvalue weighted by atomic mass is 32.2. The highest BCUT2D eigenvalue weighted by Crippen LogP contribution is 2.29. The minimum absolute atomic E-state index is 0.138. The van der Waals surface area contributed by atoms with Crippen molar-refractivity contribution >= 4 is 10.0 Å². The van der Waals surface area contributed by atoms with E-state index in [1.54, 1.807) is 7.05 Å². The van der Waals surface area contributed by atoms with E-state index in [4.69, 9.17) is 5.11 Å². The fraction of sp³-hybridized carbons (Fsp3) is 1.00. The molecule has 16 heavy (non-hydrogen) atoms. The Labute approximate surface area is 98.7 Å². The van der Waals surface area contributed by atoms with Gasteiger partial charge in [-0.15, -0.1) is 0 Å². The van der Waals surface area contributed by atoms with Gasteiger partial charge < -0.3 is 5.11 Å². The predicted octanol–water partition coefficient (Wildman–Crippen LogP) is 1.21. The lowest BCUT2D eigenvalue weighted by Crippen LogP contribution is -2.41. The Morgan fingerprint density at radius 1 is 1.25 bits per heavy atom. The second-order valence-corrected chi connectivity index (χ2v) is 6.79. The molecule has 0 aliphatic heterocycles. The van der Waals surface area contributed by atoms with Crippen LogP contribution in [0, 0.1) is 5.92 Å². The van der Waals surface area contributed by atoms with Crippen molar-refractivity contribution in [3.8, 4) is 0 Å². The maximum Gasteiger partial charge on any atom is 0.216 e. The zero-order valence-electron chi connectivity index (χ0n) is 10.2. The van der Waals surface area contributed by atoms with Crippen LogP contribution in [0.1, 0.15) is 39.0 Å². The molecule has 0 bridgehead atoms. The van der Waals surface area contributed by atoms with Crippen molar-refractivity contribution < 1.29 is 13.5 Å². The van der Waals surface area contributed by atoms with Crippen LogP contribution in [0.2, 0.25) is 0 Å². The molecule has 0 amide bonds. The third-order valence-corrected chi connectivity index (χ3v) is 5.57. The molecular formula is C11H23NO3S. The number of sulfonamides is 1. The Kier molecular flexibility index (Phi) is 5.21. The first-order valence-electron chi connectivity index (χ1n) is 6.07. The smallest absolute Gasteiger partial charge is 0.216 e. The van der Waals surface area contributed by atoms with Gasteiger partial charge in [-0.25, -0.2) is 12.7 Å². The molecule has 0 unspecified atom stereocenters. The highest BCUT2D eigenvalue weighted by molar-refractivity contribution is 7.89. The summed E-state index contributed by atoms with van der Waals surface area (Å²) in [5.41, 5.74) is 0. The summed E-state index contributed by atoms with van der Waals surface area (Å²) in [7, 11) is -1.61. The van der Waals surface area contributed by atoms with E-state index in [0.717, 1.165) is 31.6 Å². The molecule has 0 aromatic heterocycles. The molecule has 0 radical (unpaired) electrons. The van der Waals surface area contributed by atoms with Gasteiger partial charge in [0.15, 0.2) is 0 Å². The maximum absolute atomic E-state index is 11.7. The van der Waals surface area contributed by atoms with Crippen molar-refractivity contribution in [1.29, 1.82) is 0 Å². The van der Waals surface area contributed by atoms with E-state index >= 15 is 0 Å². The molecule has 4 nitrogen and oxygen atoms in total. The van der Waals surface area contributed by atoms with Gasteiger partial charge in [0.2, 0.25) is 10.0 Å². The molecule has 0 aromatic rings. The van der Waals surface area contributed by atoms with Crippen LogP contribution in [-0.4, -0.2) is 43.3 Å². The van der Waals surface area contributed by atoms with Gasteiger partial charge in [0, 0.05) is 13.1 Å². The lowest BCUT2D eigenvalue weighted by molar-refractivity contribution is 0.231. The van der Waals surface area contributed by atoms with Gasteiger partial charge in [0.25, 0.3) is 0 Å². The first kappa shape index (κ1) is 13.9. The summed E-state index contributed by atoms with van der Waals surface area (Å²) in [4.78, 5) is 0. The van der Waals surface area contributed by atoms with E-state index in [-0.39, 0.29) is 18.4 Å². The Bertz CT molecular complexity index is 294. The van der Waals surface area contributed by atoms with Crippen LogP contribution in [0.5, 0.6) is 0 Å².